The Hall–Kier alpha value is -1.66. The van der Waals surface area contributed by atoms with Crippen LogP contribution in [0.2, 0.25) is 0 Å². The molecule has 1 aliphatic heterocycles. The molecule has 1 fully saturated rings. The predicted octanol–water partition coefficient (Wildman–Crippen LogP) is 1.95. The molecule has 0 amide bonds. The smallest absolute Gasteiger partial charge is 0.243 e. The molecule has 0 radical (unpaired) electrons. The number of nitrogens with zero attached hydrogens (tertiary/aromatic N) is 1. The van der Waals surface area contributed by atoms with Gasteiger partial charge in [-0.1, -0.05) is 6.92 Å². The molecule has 0 aliphatic carbocycles. The molecule has 6 heteroatoms. The lowest BCUT2D eigenvalue weighted by molar-refractivity contribution is 0.288. The Kier molecular flexibility index (Phi) is 3.59. The van der Waals surface area contributed by atoms with E-state index in [2.05, 4.69) is 11.9 Å². The van der Waals surface area contributed by atoms with E-state index in [4.69, 9.17) is 0 Å². The molecule has 3 rings (SSSR count). The first kappa shape index (κ1) is 14.3. The van der Waals surface area contributed by atoms with Gasteiger partial charge in [-0.3, -0.25) is 4.79 Å². The van der Waals surface area contributed by atoms with Crippen molar-refractivity contribution in [3.63, 3.8) is 0 Å². The second-order valence-electron chi connectivity index (χ2n) is 5.64. The Morgan fingerprint density at radius 1 is 1.19 bits per heavy atom. The van der Waals surface area contributed by atoms with Crippen LogP contribution in [0, 0.1) is 5.92 Å². The lowest BCUT2D eigenvalue weighted by Crippen LogP contribution is -2.37. The minimum Gasteiger partial charge on any atom is -0.361 e. The number of hydrogen-bond donors (Lipinski definition) is 1. The monoisotopic (exact) mass is 306 g/mol. The molecule has 0 bridgehead atoms. The van der Waals surface area contributed by atoms with Crippen LogP contribution in [-0.4, -0.2) is 30.8 Å². The van der Waals surface area contributed by atoms with Gasteiger partial charge in [0, 0.05) is 36.3 Å². The minimum absolute atomic E-state index is 0.173. The Labute approximate surface area is 123 Å². The van der Waals surface area contributed by atoms with Crippen molar-refractivity contribution in [1.82, 2.24) is 9.29 Å². The standard InChI is InChI=1S/C15H18N2O3S/c1-11-5-8-17(9-6-11)21(19,20)12-2-3-14-13(10-12)15(18)4-7-16-14/h2-4,7,10-11H,5-6,8-9H2,1H3,(H,16,18). The summed E-state index contributed by atoms with van der Waals surface area (Å²) in [5.41, 5.74) is 0.474. The van der Waals surface area contributed by atoms with Crippen LogP contribution in [0.25, 0.3) is 10.9 Å². The van der Waals surface area contributed by atoms with Gasteiger partial charge < -0.3 is 4.98 Å². The first-order valence-electron chi connectivity index (χ1n) is 7.10. The molecule has 1 aromatic heterocycles. The topological polar surface area (TPSA) is 70.2 Å². The van der Waals surface area contributed by atoms with Gasteiger partial charge in [0.1, 0.15) is 0 Å². The Bertz CT molecular complexity index is 818. The predicted molar refractivity (Wildman–Crippen MR) is 81.7 cm³/mol. The number of rotatable bonds is 2. The maximum absolute atomic E-state index is 12.7. The highest BCUT2D eigenvalue weighted by Crippen LogP contribution is 2.24. The molecule has 112 valence electrons. The van der Waals surface area contributed by atoms with Crippen LogP contribution in [0.3, 0.4) is 0 Å². The molecule has 0 atom stereocenters. The van der Waals surface area contributed by atoms with Crippen molar-refractivity contribution in [3.05, 3.63) is 40.7 Å². The maximum atomic E-state index is 12.7. The quantitative estimate of drug-likeness (QED) is 0.922. The lowest BCUT2D eigenvalue weighted by Gasteiger charge is -2.29. The number of fused-ring (bicyclic) bond motifs is 1. The fraction of sp³-hybridized carbons (Fsp3) is 0.400. The van der Waals surface area contributed by atoms with Gasteiger partial charge in [-0.2, -0.15) is 4.31 Å². The SMILES string of the molecule is CC1CCN(S(=O)(=O)c2ccc3[nH]ccc(=O)c3c2)CC1. The number of hydrogen-bond acceptors (Lipinski definition) is 3. The number of benzene rings is 1. The van der Waals surface area contributed by atoms with Gasteiger partial charge >= 0.3 is 0 Å². The fourth-order valence-electron chi connectivity index (χ4n) is 2.68. The van der Waals surface area contributed by atoms with E-state index in [0.717, 1.165) is 12.8 Å². The zero-order valence-electron chi connectivity index (χ0n) is 11.9. The third-order valence-electron chi connectivity index (χ3n) is 4.11. The van der Waals surface area contributed by atoms with Crippen LogP contribution < -0.4 is 5.43 Å². The molecule has 5 nitrogen and oxygen atoms in total. The summed E-state index contributed by atoms with van der Waals surface area (Å²) in [4.78, 5) is 15.0. The van der Waals surface area contributed by atoms with Crippen LogP contribution in [0.4, 0.5) is 0 Å². The molecule has 2 aromatic rings. The van der Waals surface area contributed by atoms with Gasteiger partial charge in [-0.05, 0) is 37.0 Å². The van der Waals surface area contributed by atoms with E-state index >= 15 is 0 Å². The summed E-state index contributed by atoms with van der Waals surface area (Å²) in [6, 6.07) is 6.09. The summed E-state index contributed by atoms with van der Waals surface area (Å²) < 4.78 is 26.8. The molecule has 21 heavy (non-hydrogen) atoms. The van der Waals surface area contributed by atoms with E-state index in [1.54, 1.807) is 18.3 Å². The third-order valence-corrected chi connectivity index (χ3v) is 6.01. The Balaban J connectivity index is 2.03. The third kappa shape index (κ3) is 2.61. The summed E-state index contributed by atoms with van der Waals surface area (Å²) in [6.45, 7) is 3.24. The maximum Gasteiger partial charge on any atom is 0.243 e. The molecule has 0 saturated carbocycles. The van der Waals surface area contributed by atoms with Gasteiger partial charge in [-0.25, -0.2) is 8.42 Å². The molecule has 0 unspecified atom stereocenters. The van der Waals surface area contributed by atoms with E-state index in [9.17, 15) is 13.2 Å². The molecular weight excluding hydrogens is 288 g/mol. The highest BCUT2D eigenvalue weighted by atomic mass is 32.2. The molecular formula is C15H18N2O3S. The van der Waals surface area contributed by atoms with Crippen molar-refractivity contribution in [1.29, 1.82) is 0 Å². The zero-order valence-corrected chi connectivity index (χ0v) is 12.7. The van der Waals surface area contributed by atoms with Crippen molar-refractivity contribution in [3.8, 4) is 0 Å². The first-order valence-corrected chi connectivity index (χ1v) is 8.54. The summed E-state index contributed by atoms with van der Waals surface area (Å²) in [6.07, 6.45) is 3.33. The van der Waals surface area contributed by atoms with Gasteiger partial charge in [0.05, 0.1) is 4.90 Å². The normalized spacial score (nSPS) is 18.1. The number of aromatic amines is 1. The number of nitrogens with one attached hydrogen (secondary N) is 1. The Morgan fingerprint density at radius 3 is 2.62 bits per heavy atom. The van der Waals surface area contributed by atoms with Crippen LogP contribution in [-0.2, 0) is 10.0 Å². The van der Waals surface area contributed by atoms with Gasteiger partial charge in [0.25, 0.3) is 0 Å². The number of sulfonamides is 1. The largest absolute Gasteiger partial charge is 0.361 e. The van der Waals surface area contributed by atoms with Crippen molar-refractivity contribution >= 4 is 20.9 Å². The highest BCUT2D eigenvalue weighted by Gasteiger charge is 2.28. The average molecular weight is 306 g/mol. The summed E-state index contributed by atoms with van der Waals surface area (Å²) in [7, 11) is -3.51. The highest BCUT2D eigenvalue weighted by molar-refractivity contribution is 7.89. The second-order valence-corrected chi connectivity index (χ2v) is 7.57. The second kappa shape index (κ2) is 5.27. The average Bonchev–Trinajstić information content (AvgIpc) is 2.48. The zero-order chi connectivity index (χ0) is 15.0. The molecule has 1 N–H and O–H groups in total. The van der Waals surface area contributed by atoms with E-state index < -0.39 is 10.0 Å². The van der Waals surface area contributed by atoms with Gasteiger partial charge in [0.15, 0.2) is 5.43 Å². The summed E-state index contributed by atoms with van der Waals surface area (Å²) in [5.74, 6) is 0.566. The summed E-state index contributed by atoms with van der Waals surface area (Å²) >= 11 is 0. The van der Waals surface area contributed by atoms with Crippen LogP contribution in [0.5, 0.6) is 0 Å². The van der Waals surface area contributed by atoms with Crippen molar-refractivity contribution < 1.29 is 8.42 Å². The fourth-order valence-corrected chi connectivity index (χ4v) is 4.18. The summed E-state index contributed by atoms with van der Waals surface area (Å²) in [5, 5.41) is 0.406. The van der Waals surface area contributed by atoms with E-state index in [0.29, 0.717) is 29.9 Å². The van der Waals surface area contributed by atoms with Gasteiger partial charge in [0.2, 0.25) is 10.0 Å². The molecule has 1 aromatic carbocycles. The molecule has 1 saturated heterocycles. The number of aromatic nitrogens is 1. The molecule has 0 spiro atoms. The van der Waals surface area contributed by atoms with Crippen molar-refractivity contribution in [2.45, 2.75) is 24.7 Å². The molecule has 2 heterocycles. The number of pyridine rings is 1. The van der Waals surface area contributed by atoms with Crippen molar-refractivity contribution in [2.75, 3.05) is 13.1 Å². The van der Waals surface area contributed by atoms with Gasteiger partial charge in [-0.15, -0.1) is 0 Å². The van der Waals surface area contributed by atoms with Crippen LogP contribution in [0.15, 0.2) is 40.2 Å². The minimum atomic E-state index is -3.51. The Morgan fingerprint density at radius 2 is 1.90 bits per heavy atom. The van der Waals surface area contributed by atoms with Crippen LogP contribution in [0.1, 0.15) is 19.8 Å². The number of H-pyrrole nitrogens is 1. The first-order chi connectivity index (χ1) is 9.98. The van der Waals surface area contributed by atoms with Crippen LogP contribution >= 0.6 is 0 Å². The van der Waals surface area contributed by atoms with E-state index in [1.165, 1.54) is 16.4 Å². The number of piperidine rings is 1. The molecule has 1 aliphatic rings. The van der Waals surface area contributed by atoms with E-state index in [-0.39, 0.29) is 10.3 Å². The van der Waals surface area contributed by atoms with Crippen molar-refractivity contribution in [2.24, 2.45) is 5.92 Å². The van der Waals surface area contributed by atoms with E-state index in [1.807, 2.05) is 0 Å². The lowest BCUT2D eigenvalue weighted by atomic mass is 10.0.